The van der Waals surface area contributed by atoms with Crippen LogP contribution in [0.15, 0.2) is 12.1 Å². The Morgan fingerprint density at radius 3 is 2.08 bits per heavy atom. The van der Waals surface area contributed by atoms with Crippen molar-refractivity contribution in [1.29, 1.82) is 0 Å². The lowest BCUT2D eigenvalue weighted by molar-refractivity contribution is -0.149. The second kappa shape index (κ2) is 11.9. The molecule has 0 bridgehead atoms. The van der Waals surface area contributed by atoms with Crippen LogP contribution >= 0.6 is 0 Å². The van der Waals surface area contributed by atoms with E-state index in [9.17, 15) is 9.90 Å². The van der Waals surface area contributed by atoms with Gasteiger partial charge in [0.2, 0.25) is 0 Å². The van der Waals surface area contributed by atoms with Gasteiger partial charge in [-0.2, -0.15) is 0 Å². The van der Waals surface area contributed by atoms with E-state index in [1.165, 1.54) is 7.11 Å². The second-order valence-electron chi connectivity index (χ2n) is 6.53. The summed E-state index contributed by atoms with van der Waals surface area (Å²) in [5, 5.41) is 9.55. The first-order chi connectivity index (χ1) is 12.1. The number of aryl methyl sites for hydroxylation is 2. The zero-order chi connectivity index (χ0) is 18.7. The van der Waals surface area contributed by atoms with Crippen molar-refractivity contribution < 1.29 is 19.4 Å². The molecule has 0 aliphatic carbocycles. The monoisotopic (exact) mass is 350 g/mol. The Morgan fingerprint density at radius 2 is 1.64 bits per heavy atom. The molecule has 1 aromatic rings. The molecule has 0 heterocycles. The van der Waals surface area contributed by atoms with Crippen LogP contribution in [-0.2, 0) is 29.0 Å². The number of carbonyl (C=O) groups is 1. The lowest BCUT2D eigenvalue weighted by Gasteiger charge is -2.22. The summed E-state index contributed by atoms with van der Waals surface area (Å²) in [4.78, 5) is 12.2. The molecule has 4 nitrogen and oxygen atoms in total. The minimum absolute atomic E-state index is 0.0185. The molecule has 0 aromatic heterocycles. The predicted molar refractivity (Wildman–Crippen MR) is 101 cm³/mol. The zero-order valence-electron chi connectivity index (χ0n) is 16.3. The summed E-state index contributed by atoms with van der Waals surface area (Å²) < 4.78 is 11.2. The number of ether oxygens (including phenoxy) is 2. The normalized spacial score (nSPS) is 12.0. The van der Waals surface area contributed by atoms with Crippen molar-refractivity contribution in [3.63, 3.8) is 0 Å². The topological polar surface area (TPSA) is 55.8 Å². The van der Waals surface area contributed by atoms with Gasteiger partial charge in [-0.15, -0.1) is 0 Å². The number of hydrogen-bond donors (Lipinski definition) is 1. The molecule has 0 saturated carbocycles. The summed E-state index contributed by atoms with van der Waals surface area (Å²) in [6.07, 6.45) is 6.90. The first kappa shape index (κ1) is 21.5. The Morgan fingerprint density at radius 1 is 1.04 bits per heavy atom. The molecule has 0 aliphatic heterocycles. The molecule has 0 fully saturated rings. The van der Waals surface area contributed by atoms with Crippen LogP contribution in [0.3, 0.4) is 0 Å². The SMILES string of the molecule is CCCCCC(Oc1c(CCC)cc(CO)cc1CCC)C(=O)OC. The number of benzene rings is 1. The number of aliphatic hydroxyl groups is 1. The molecule has 1 N–H and O–H groups in total. The molecule has 0 spiro atoms. The highest BCUT2D eigenvalue weighted by atomic mass is 16.6. The van der Waals surface area contributed by atoms with Gasteiger partial charge in [-0.3, -0.25) is 0 Å². The van der Waals surface area contributed by atoms with Gasteiger partial charge in [0.05, 0.1) is 13.7 Å². The smallest absolute Gasteiger partial charge is 0.347 e. The molecule has 4 heteroatoms. The van der Waals surface area contributed by atoms with E-state index in [1.807, 2.05) is 12.1 Å². The summed E-state index contributed by atoms with van der Waals surface area (Å²) in [5.74, 6) is 0.500. The summed E-state index contributed by atoms with van der Waals surface area (Å²) in [6.45, 7) is 6.40. The highest BCUT2D eigenvalue weighted by Crippen LogP contribution is 2.31. The van der Waals surface area contributed by atoms with Crippen LogP contribution in [0.4, 0.5) is 0 Å². The van der Waals surface area contributed by atoms with Crippen LogP contribution in [0.5, 0.6) is 5.75 Å². The molecule has 0 aliphatic rings. The molecule has 142 valence electrons. The van der Waals surface area contributed by atoms with Gasteiger partial charge in [0, 0.05) is 0 Å². The number of rotatable bonds is 12. The average molecular weight is 350 g/mol. The molecule has 1 atom stereocenters. The maximum Gasteiger partial charge on any atom is 0.347 e. The van der Waals surface area contributed by atoms with Crippen LogP contribution in [-0.4, -0.2) is 24.3 Å². The average Bonchev–Trinajstić information content (AvgIpc) is 2.62. The molecular weight excluding hydrogens is 316 g/mol. The fourth-order valence-corrected chi connectivity index (χ4v) is 3.06. The van der Waals surface area contributed by atoms with Crippen molar-refractivity contribution in [3.8, 4) is 5.75 Å². The molecule has 0 radical (unpaired) electrons. The van der Waals surface area contributed by atoms with Gasteiger partial charge in [0.25, 0.3) is 0 Å². The molecule has 25 heavy (non-hydrogen) atoms. The van der Waals surface area contributed by atoms with E-state index in [0.29, 0.717) is 6.42 Å². The van der Waals surface area contributed by atoms with Crippen molar-refractivity contribution in [2.24, 2.45) is 0 Å². The molecule has 1 aromatic carbocycles. The molecule has 0 saturated heterocycles. The summed E-state index contributed by atoms with van der Waals surface area (Å²) in [6, 6.07) is 4.00. The lowest BCUT2D eigenvalue weighted by Crippen LogP contribution is -2.29. The first-order valence-corrected chi connectivity index (χ1v) is 9.61. The third-order valence-corrected chi connectivity index (χ3v) is 4.32. The Kier molecular flexibility index (Phi) is 10.2. The van der Waals surface area contributed by atoms with Crippen LogP contribution in [0.25, 0.3) is 0 Å². The van der Waals surface area contributed by atoms with E-state index >= 15 is 0 Å². The summed E-state index contributed by atoms with van der Waals surface area (Å²) >= 11 is 0. The number of carbonyl (C=O) groups excluding carboxylic acids is 1. The van der Waals surface area contributed by atoms with Gasteiger partial charge in [0.15, 0.2) is 6.10 Å². The summed E-state index contributed by atoms with van der Waals surface area (Å²) in [7, 11) is 1.41. The third kappa shape index (κ3) is 6.69. The van der Waals surface area contributed by atoms with Crippen molar-refractivity contribution in [2.45, 2.75) is 84.8 Å². The van der Waals surface area contributed by atoms with Gasteiger partial charge in [-0.05, 0) is 54.5 Å². The van der Waals surface area contributed by atoms with Gasteiger partial charge in [-0.1, -0.05) is 46.5 Å². The fourth-order valence-electron chi connectivity index (χ4n) is 3.06. The predicted octanol–water partition coefficient (Wildman–Crippen LogP) is 4.58. The molecule has 1 rings (SSSR count). The fraction of sp³-hybridized carbons (Fsp3) is 0.667. The van der Waals surface area contributed by atoms with Gasteiger partial charge >= 0.3 is 5.97 Å². The number of hydrogen-bond acceptors (Lipinski definition) is 4. The maximum absolute atomic E-state index is 12.2. The Hall–Kier alpha value is -1.55. The molecule has 0 amide bonds. The van der Waals surface area contributed by atoms with E-state index < -0.39 is 6.10 Å². The van der Waals surface area contributed by atoms with E-state index in [1.54, 1.807) is 0 Å². The van der Waals surface area contributed by atoms with Crippen molar-refractivity contribution in [1.82, 2.24) is 0 Å². The second-order valence-corrected chi connectivity index (χ2v) is 6.53. The van der Waals surface area contributed by atoms with E-state index in [2.05, 4.69) is 20.8 Å². The minimum atomic E-state index is -0.567. The highest BCUT2D eigenvalue weighted by Gasteiger charge is 2.23. The number of unbranched alkanes of at least 4 members (excludes halogenated alkanes) is 2. The Labute approximate surface area is 152 Å². The van der Waals surface area contributed by atoms with E-state index in [4.69, 9.17) is 9.47 Å². The number of esters is 1. The largest absolute Gasteiger partial charge is 0.478 e. The lowest BCUT2D eigenvalue weighted by atomic mass is 9.98. The Balaban J connectivity index is 3.17. The minimum Gasteiger partial charge on any atom is -0.478 e. The van der Waals surface area contributed by atoms with Crippen molar-refractivity contribution in [2.75, 3.05) is 7.11 Å². The van der Waals surface area contributed by atoms with Gasteiger partial charge < -0.3 is 14.6 Å². The van der Waals surface area contributed by atoms with E-state index in [-0.39, 0.29) is 12.6 Å². The standard InChI is InChI=1S/C21H34O4/c1-5-8-9-12-19(21(23)24-4)25-20-17(10-6-2)13-16(15-22)14-18(20)11-7-3/h13-14,19,22H,5-12,15H2,1-4H3. The zero-order valence-corrected chi connectivity index (χ0v) is 16.3. The summed E-state index contributed by atoms with van der Waals surface area (Å²) in [5.41, 5.74) is 3.05. The van der Waals surface area contributed by atoms with Crippen molar-refractivity contribution in [3.05, 3.63) is 28.8 Å². The van der Waals surface area contributed by atoms with Crippen molar-refractivity contribution >= 4 is 5.97 Å². The van der Waals surface area contributed by atoms with Gasteiger partial charge in [0.1, 0.15) is 5.75 Å². The number of aliphatic hydroxyl groups excluding tert-OH is 1. The molecular formula is C21H34O4. The first-order valence-electron chi connectivity index (χ1n) is 9.61. The van der Waals surface area contributed by atoms with Gasteiger partial charge in [-0.25, -0.2) is 4.79 Å². The number of methoxy groups -OCH3 is 1. The molecule has 1 unspecified atom stereocenters. The van der Waals surface area contributed by atoms with E-state index in [0.717, 1.165) is 67.4 Å². The third-order valence-electron chi connectivity index (χ3n) is 4.32. The van der Waals surface area contributed by atoms with Crippen LogP contribution in [0.1, 0.15) is 76.0 Å². The van der Waals surface area contributed by atoms with Crippen LogP contribution in [0, 0.1) is 0 Å². The maximum atomic E-state index is 12.2. The van der Waals surface area contributed by atoms with Crippen LogP contribution < -0.4 is 4.74 Å². The van der Waals surface area contributed by atoms with Crippen LogP contribution in [0.2, 0.25) is 0 Å². The highest BCUT2D eigenvalue weighted by molar-refractivity contribution is 5.75. The quantitative estimate of drug-likeness (QED) is 0.443. The Bertz CT molecular complexity index is 498.